The second kappa shape index (κ2) is 20.7. The second-order valence-corrected chi connectivity index (χ2v) is 7.52. The standard InChI is InChI=1S/C11H12ClNO4.C10H13NO2.CO2.3H2S/c12-7-3-1-6(2-4-7)8(5-9(14)15)10(13)11(16)17;1-10(11,9(12)13)7-8-5-3-2-4-6-8;2-1-3;;;/h1-4,8,10H,5,13H2,(H,14,15)(H,16,17);2-6H,7,11H2,1H3,(H,12,13);;3*1H2/t8?,10-;10-;;;;/m00..../s1. The van der Waals surface area contributed by atoms with Crippen molar-refractivity contribution in [1.82, 2.24) is 0 Å². The van der Waals surface area contributed by atoms with Crippen molar-refractivity contribution in [3.63, 3.8) is 0 Å². The van der Waals surface area contributed by atoms with E-state index in [1.807, 2.05) is 30.3 Å². The molecular weight excluding hydrogens is 552 g/mol. The van der Waals surface area contributed by atoms with Gasteiger partial charge in [0.15, 0.2) is 0 Å². The van der Waals surface area contributed by atoms with Gasteiger partial charge in [-0.05, 0) is 30.2 Å². The number of carboxylic acids is 3. The van der Waals surface area contributed by atoms with E-state index in [2.05, 4.69) is 0 Å². The van der Waals surface area contributed by atoms with Gasteiger partial charge in [-0.1, -0.05) is 54.1 Å². The molecule has 36 heavy (non-hydrogen) atoms. The Morgan fingerprint density at radius 2 is 1.39 bits per heavy atom. The smallest absolute Gasteiger partial charge is 0.373 e. The Labute approximate surface area is 234 Å². The first-order chi connectivity index (χ1) is 15.3. The van der Waals surface area contributed by atoms with Gasteiger partial charge in [0.05, 0.1) is 6.42 Å². The lowest BCUT2D eigenvalue weighted by molar-refractivity contribution is -0.191. The number of nitrogens with two attached hydrogens (primary N) is 2. The van der Waals surface area contributed by atoms with Gasteiger partial charge >= 0.3 is 24.1 Å². The van der Waals surface area contributed by atoms with Crippen molar-refractivity contribution in [3.05, 3.63) is 70.7 Å². The highest BCUT2D eigenvalue weighted by Crippen LogP contribution is 2.24. The van der Waals surface area contributed by atoms with Crippen LogP contribution in [0.15, 0.2) is 54.6 Å². The molecular formula is C22H31ClN2O8S3. The Balaban J connectivity index is -0.000000243. The van der Waals surface area contributed by atoms with Crippen LogP contribution in [-0.4, -0.2) is 51.0 Å². The first-order valence-corrected chi connectivity index (χ1v) is 9.74. The summed E-state index contributed by atoms with van der Waals surface area (Å²) in [5.74, 6) is -4.08. The fourth-order valence-electron chi connectivity index (χ4n) is 2.62. The van der Waals surface area contributed by atoms with Crippen LogP contribution in [0.25, 0.3) is 0 Å². The van der Waals surface area contributed by atoms with Crippen molar-refractivity contribution in [1.29, 1.82) is 0 Å². The zero-order valence-electron chi connectivity index (χ0n) is 19.2. The topological polar surface area (TPSA) is 198 Å². The minimum Gasteiger partial charge on any atom is -0.481 e. The Morgan fingerprint density at radius 1 is 0.944 bits per heavy atom. The highest BCUT2D eigenvalue weighted by Gasteiger charge is 2.28. The van der Waals surface area contributed by atoms with Gasteiger partial charge < -0.3 is 26.8 Å². The molecule has 3 atom stereocenters. The minimum atomic E-state index is -1.26. The highest BCUT2D eigenvalue weighted by atomic mass is 35.5. The van der Waals surface area contributed by atoms with Crippen molar-refractivity contribution >= 4 is 76.1 Å². The Bertz CT molecular complexity index is 958. The Hall–Kier alpha value is -2.51. The third kappa shape index (κ3) is 16.2. The summed E-state index contributed by atoms with van der Waals surface area (Å²) in [5.41, 5.74) is 11.4. The second-order valence-electron chi connectivity index (χ2n) is 7.09. The number of benzene rings is 2. The van der Waals surface area contributed by atoms with E-state index in [9.17, 15) is 14.4 Å². The zero-order chi connectivity index (χ0) is 25.6. The summed E-state index contributed by atoms with van der Waals surface area (Å²) in [4.78, 5) is 48.5. The molecule has 14 heteroatoms. The van der Waals surface area contributed by atoms with Crippen molar-refractivity contribution < 1.29 is 39.3 Å². The molecule has 7 N–H and O–H groups in total. The first kappa shape index (κ1) is 40.7. The van der Waals surface area contributed by atoms with Crippen LogP contribution in [0.2, 0.25) is 5.02 Å². The van der Waals surface area contributed by atoms with Gasteiger partial charge in [-0.2, -0.15) is 50.1 Å². The molecule has 202 valence electrons. The van der Waals surface area contributed by atoms with Crippen LogP contribution in [0.4, 0.5) is 0 Å². The van der Waals surface area contributed by atoms with Crippen LogP contribution in [0.1, 0.15) is 30.4 Å². The molecule has 2 aromatic carbocycles. The predicted molar refractivity (Wildman–Crippen MR) is 149 cm³/mol. The van der Waals surface area contributed by atoms with E-state index in [0.717, 1.165) is 5.56 Å². The van der Waals surface area contributed by atoms with E-state index < -0.39 is 35.4 Å². The first-order valence-electron chi connectivity index (χ1n) is 9.36. The molecule has 0 saturated carbocycles. The molecule has 0 aromatic heterocycles. The third-order valence-electron chi connectivity index (χ3n) is 4.31. The number of hydrogen-bond donors (Lipinski definition) is 5. The van der Waals surface area contributed by atoms with Crippen LogP contribution in [-0.2, 0) is 30.4 Å². The van der Waals surface area contributed by atoms with Crippen LogP contribution < -0.4 is 11.5 Å². The number of aliphatic carboxylic acids is 3. The number of carbonyl (C=O) groups is 3. The zero-order valence-corrected chi connectivity index (χ0v) is 22.9. The molecule has 0 bridgehead atoms. The molecule has 0 heterocycles. The van der Waals surface area contributed by atoms with Gasteiger partial charge in [0.2, 0.25) is 0 Å². The number of carbonyl (C=O) groups excluding carboxylic acids is 2. The average molecular weight is 583 g/mol. The van der Waals surface area contributed by atoms with E-state index in [1.54, 1.807) is 24.3 Å². The van der Waals surface area contributed by atoms with Crippen LogP contribution in [0.5, 0.6) is 0 Å². The maximum atomic E-state index is 10.8. The summed E-state index contributed by atoms with van der Waals surface area (Å²) >= 11 is 5.70. The molecule has 2 aromatic rings. The number of carboxylic acid groups (broad SMARTS) is 3. The summed E-state index contributed by atoms with van der Waals surface area (Å²) in [6.07, 6.45) is 0.262. The summed E-state index contributed by atoms with van der Waals surface area (Å²) in [6, 6.07) is 14.4. The molecule has 10 nitrogen and oxygen atoms in total. The average Bonchev–Trinajstić information content (AvgIpc) is 2.73. The van der Waals surface area contributed by atoms with E-state index >= 15 is 0 Å². The molecule has 0 spiro atoms. The molecule has 0 radical (unpaired) electrons. The quantitative estimate of drug-likeness (QED) is 0.307. The van der Waals surface area contributed by atoms with E-state index in [1.165, 1.54) is 6.92 Å². The molecule has 0 fully saturated rings. The van der Waals surface area contributed by atoms with Crippen molar-refractivity contribution in [2.75, 3.05) is 0 Å². The Morgan fingerprint density at radius 3 is 1.75 bits per heavy atom. The number of rotatable bonds is 8. The normalized spacial score (nSPS) is 12.2. The molecule has 1 unspecified atom stereocenters. The SMILES string of the molecule is C[C@](N)(Cc1ccccc1)C(=O)O.N[C@H](C(=O)O)C(CC(=O)O)c1ccc(Cl)cc1.O=C=O.S.S.S. The van der Waals surface area contributed by atoms with E-state index in [4.69, 9.17) is 48.0 Å². The van der Waals surface area contributed by atoms with Gasteiger partial charge in [-0.25, -0.2) is 0 Å². The molecule has 0 saturated heterocycles. The minimum absolute atomic E-state index is 0. The van der Waals surface area contributed by atoms with Gasteiger partial charge in [-0.3, -0.25) is 14.4 Å². The summed E-state index contributed by atoms with van der Waals surface area (Å²) < 4.78 is 0. The van der Waals surface area contributed by atoms with E-state index in [0.29, 0.717) is 17.0 Å². The van der Waals surface area contributed by atoms with Gasteiger partial charge in [-0.15, -0.1) is 0 Å². The molecule has 0 aliphatic heterocycles. The van der Waals surface area contributed by atoms with E-state index in [-0.39, 0.29) is 53.1 Å². The monoisotopic (exact) mass is 582 g/mol. The maximum absolute atomic E-state index is 10.8. The molecule has 0 amide bonds. The van der Waals surface area contributed by atoms with Gasteiger partial charge in [0.25, 0.3) is 0 Å². The lowest BCUT2D eigenvalue weighted by atomic mass is 9.89. The predicted octanol–water partition coefficient (Wildman–Crippen LogP) is 2.10. The van der Waals surface area contributed by atoms with Crippen LogP contribution in [0, 0.1) is 0 Å². The highest BCUT2D eigenvalue weighted by molar-refractivity contribution is 7.59. The molecule has 0 aliphatic rings. The van der Waals surface area contributed by atoms with Crippen molar-refractivity contribution in [3.8, 4) is 0 Å². The summed E-state index contributed by atoms with van der Waals surface area (Å²) in [6.45, 7) is 1.52. The lowest BCUT2D eigenvalue weighted by Gasteiger charge is -2.19. The van der Waals surface area contributed by atoms with Gasteiger partial charge in [0.1, 0.15) is 11.6 Å². The molecule has 2 rings (SSSR count). The fourth-order valence-corrected chi connectivity index (χ4v) is 2.74. The third-order valence-corrected chi connectivity index (χ3v) is 4.57. The number of halogens is 1. The maximum Gasteiger partial charge on any atom is 0.373 e. The van der Waals surface area contributed by atoms with Gasteiger partial charge in [0, 0.05) is 17.4 Å². The summed E-state index contributed by atoms with van der Waals surface area (Å²) in [7, 11) is 0. The number of hydrogen-bond acceptors (Lipinski definition) is 7. The van der Waals surface area contributed by atoms with Crippen molar-refractivity contribution in [2.45, 2.75) is 37.3 Å². The summed E-state index contributed by atoms with van der Waals surface area (Å²) in [5, 5.41) is 26.9. The largest absolute Gasteiger partial charge is 0.481 e. The van der Waals surface area contributed by atoms with Crippen LogP contribution >= 0.6 is 52.1 Å². The lowest BCUT2D eigenvalue weighted by Crippen LogP contribution is -2.46. The Kier molecular flexibility index (Phi) is 23.3. The van der Waals surface area contributed by atoms with Crippen LogP contribution in [0.3, 0.4) is 0 Å². The fraction of sp³-hybridized carbons (Fsp3) is 0.273. The molecule has 0 aliphatic carbocycles. The van der Waals surface area contributed by atoms with Crippen molar-refractivity contribution in [2.24, 2.45) is 11.5 Å².